The van der Waals surface area contributed by atoms with Crippen molar-refractivity contribution in [1.82, 2.24) is 4.90 Å². The Labute approximate surface area is 117 Å². The van der Waals surface area contributed by atoms with Crippen LogP contribution >= 0.6 is 0 Å². The molecule has 1 aromatic carbocycles. The van der Waals surface area contributed by atoms with Gasteiger partial charge in [-0.2, -0.15) is 0 Å². The fraction of sp³-hybridized carbons (Fsp3) is 0.471. The average Bonchev–Trinajstić information content (AvgIpc) is 2.33. The van der Waals surface area contributed by atoms with Crippen molar-refractivity contribution in [1.29, 1.82) is 0 Å². The lowest BCUT2D eigenvalue weighted by atomic mass is 9.91. The Balaban J connectivity index is 2.99. The van der Waals surface area contributed by atoms with Crippen LogP contribution in [0.5, 0.6) is 0 Å². The van der Waals surface area contributed by atoms with E-state index in [0.29, 0.717) is 5.92 Å². The van der Waals surface area contributed by atoms with Crippen molar-refractivity contribution in [2.45, 2.75) is 40.5 Å². The summed E-state index contributed by atoms with van der Waals surface area (Å²) < 4.78 is 0. The molecular formula is C17H25NO. The van der Waals surface area contributed by atoms with Crippen LogP contribution in [0.3, 0.4) is 0 Å². The van der Waals surface area contributed by atoms with Gasteiger partial charge in [-0.05, 0) is 55.0 Å². The Morgan fingerprint density at radius 3 is 2.21 bits per heavy atom. The van der Waals surface area contributed by atoms with Gasteiger partial charge in [-0.15, -0.1) is 0 Å². The first-order chi connectivity index (χ1) is 8.86. The average molecular weight is 259 g/mol. The summed E-state index contributed by atoms with van der Waals surface area (Å²) in [5.74, 6) is 0.580. The predicted molar refractivity (Wildman–Crippen MR) is 82.4 cm³/mol. The summed E-state index contributed by atoms with van der Waals surface area (Å²) in [6.07, 6.45) is 3.55. The molecule has 0 aliphatic carbocycles. The molecule has 1 amide bonds. The summed E-state index contributed by atoms with van der Waals surface area (Å²) in [4.78, 5) is 13.4. The first-order valence-electron chi connectivity index (χ1n) is 6.91. The van der Waals surface area contributed by atoms with E-state index in [-0.39, 0.29) is 5.91 Å². The lowest BCUT2D eigenvalue weighted by Crippen LogP contribution is -2.23. The van der Waals surface area contributed by atoms with Crippen LogP contribution in [0.4, 0.5) is 0 Å². The van der Waals surface area contributed by atoms with Crippen LogP contribution in [-0.2, 0) is 4.79 Å². The predicted octanol–water partition coefficient (Wildman–Crippen LogP) is 3.92. The highest BCUT2D eigenvalue weighted by atomic mass is 16.2. The normalized spacial score (nSPS) is 11.3. The van der Waals surface area contributed by atoms with Crippen LogP contribution in [0.15, 0.2) is 18.2 Å². The summed E-state index contributed by atoms with van der Waals surface area (Å²) in [5, 5.41) is 0. The largest absolute Gasteiger partial charge is 0.343 e. The molecule has 1 aromatic rings. The standard InChI is InChI=1S/C17H25NO/c1-7-18(6)16(19)9-8-15-10-13(4)17(12(2)3)14(5)11-15/h8-12H,7H2,1-6H3/b9-8+. The van der Waals surface area contributed by atoms with Crippen molar-refractivity contribution in [2.75, 3.05) is 13.6 Å². The van der Waals surface area contributed by atoms with E-state index in [9.17, 15) is 4.79 Å². The number of nitrogens with zero attached hydrogens (tertiary/aromatic N) is 1. The molecule has 1 rings (SSSR count). The van der Waals surface area contributed by atoms with E-state index < -0.39 is 0 Å². The van der Waals surface area contributed by atoms with E-state index in [2.05, 4.69) is 39.8 Å². The van der Waals surface area contributed by atoms with E-state index in [1.165, 1.54) is 16.7 Å². The number of hydrogen-bond acceptors (Lipinski definition) is 1. The molecule has 0 aliphatic heterocycles. The zero-order valence-electron chi connectivity index (χ0n) is 12.9. The number of amides is 1. The fourth-order valence-electron chi connectivity index (χ4n) is 2.47. The Bertz CT molecular complexity index is 463. The van der Waals surface area contributed by atoms with Crippen LogP contribution in [0.1, 0.15) is 48.9 Å². The third-order valence-corrected chi connectivity index (χ3v) is 3.46. The molecule has 2 nitrogen and oxygen atoms in total. The number of rotatable bonds is 4. The van der Waals surface area contributed by atoms with Gasteiger partial charge in [0, 0.05) is 19.7 Å². The van der Waals surface area contributed by atoms with E-state index in [1.807, 2.05) is 20.0 Å². The van der Waals surface area contributed by atoms with Crippen molar-refractivity contribution in [2.24, 2.45) is 0 Å². The Hall–Kier alpha value is -1.57. The molecule has 0 fully saturated rings. The molecule has 0 N–H and O–H groups in total. The van der Waals surface area contributed by atoms with Gasteiger partial charge in [-0.3, -0.25) is 4.79 Å². The second kappa shape index (κ2) is 6.55. The molecule has 19 heavy (non-hydrogen) atoms. The second-order valence-electron chi connectivity index (χ2n) is 5.41. The highest BCUT2D eigenvalue weighted by Crippen LogP contribution is 2.25. The van der Waals surface area contributed by atoms with Crippen molar-refractivity contribution >= 4 is 12.0 Å². The van der Waals surface area contributed by atoms with Crippen LogP contribution in [0.25, 0.3) is 6.08 Å². The molecule has 0 unspecified atom stereocenters. The Morgan fingerprint density at radius 2 is 1.79 bits per heavy atom. The van der Waals surface area contributed by atoms with Crippen molar-refractivity contribution in [3.05, 3.63) is 40.5 Å². The van der Waals surface area contributed by atoms with Gasteiger partial charge in [-0.25, -0.2) is 0 Å². The third kappa shape index (κ3) is 3.95. The van der Waals surface area contributed by atoms with Gasteiger partial charge in [0.05, 0.1) is 0 Å². The third-order valence-electron chi connectivity index (χ3n) is 3.46. The molecule has 2 heteroatoms. The van der Waals surface area contributed by atoms with Gasteiger partial charge in [0.15, 0.2) is 0 Å². The monoisotopic (exact) mass is 259 g/mol. The van der Waals surface area contributed by atoms with Gasteiger partial charge in [0.2, 0.25) is 5.91 Å². The molecule has 0 heterocycles. The summed E-state index contributed by atoms with van der Waals surface area (Å²) in [6, 6.07) is 4.30. The fourth-order valence-corrected chi connectivity index (χ4v) is 2.47. The summed E-state index contributed by atoms with van der Waals surface area (Å²) in [7, 11) is 1.81. The summed E-state index contributed by atoms with van der Waals surface area (Å²) in [6.45, 7) is 11.4. The topological polar surface area (TPSA) is 20.3 Å². The van der Waals surface area contributed by atoms with Gasteiger partial charge in [0.25, 0.3) is 0 Å². The van der Waals surface area contributed by atoms with Crippen molar-refractivity contribution in [3.63, 3.8) is 0 Å². The summed E-state index contributed by atoms with van der Waals surface area (Å²) >= 11 is 0. The van der Waals surface area contributed by atoms with Gasteiger partial charge in [-0.1, -0.05) is 26.0 Å². The molecule has 0 saturated heterocycles. The highest BCUT2D eigenvalue weighted by molar-refractivity contribution is 5.91. The number of aryl methyl sites for hydroxylation is 2. The zero-order chi connectivity index (χ0) is 14.6. The maximum Gasteiger partial charge on any atom is 0.246 e. The Kier molecular flexibility index (Phi) is 5.34. The van der Waals surface area contributed by atoms with Crippen LogP contribution in [-0.4, -0.2) is 24.4 Å². The number of likely N-dealkylation sites (N-methyl/N-ethyl adjacent to an activating group) is 1. The van der Waals surface area contributed by atoms with Crippen LogP contribution in [0, 0.1) is 13.8 Å². The molecule has 0 aliphatic rings. The maximum atomic E-state index is 11.7. The van der Waals surface area contributed by atoms with Crippen LogP contribution < -0.4 is 0 Å². The minimum Gasteiger partial charge on any atom is -0.343 e. The minimum absolute atomic E-state index is 0.0470. The Morgan fingerprint density at radius 1 is 1.26 bits per heavy atom. The lowest BCUT2D eigenvalue weighted by molar-refractivity contribution is -0.124. The molecule has 0 radical (unpaired) electrons. The quantitative estimate of drug-likeness (QED) is 0.751. The summed E-state index contributed by atoms with van der Waals surface area (Å²) in [5.41, 5.74) is 5.10. The van der Waals surface area contributed by atoms with Gasteiger partial charge in [0.1, 0.15) is 0 Å². The number of carbonyl (C=O) groups is 1. The molecule has 0 saturated carbocycles. The molecule has 0 bridgehead atoms. The maximum absolute atomic E-state index is 11.7. The van der Waals surface area contributed by atoms with E-state index >= 15 is 0 Å². The number of carbonyl (C=O) groups excluding carboxylic acids is 1. The smallest absolute Gasteiger partial charge is 0.246 e. The molecule has 0 aromatic heterocycles. The highest BCUT2D eigenvalue weighted by Gasteiger charge is 2.08. The van der Waals surface area contributed by atoms with Gasteiger partial charge >= 0.3 is 0 Å². The SMILES string of the molecule is CCN(C)C(=O)/C=C/c1cc(C)c(C(C)C)c(C)c1. The van der Waals surface area contributed by atoms with E-state index in [1.54, 1.807) is 11.0 Å². The van der Waals surface area contributed by atoms with E-state index in [4.69, 9.17) is 0 Å². The lowest BCUT2D eigenvalue weighted by Gasteiger charge is -2.15. The number of hydrogen-bond donors (Lipinski definition) is 0. The number of benzene rings is 1. The molecule has 0 spiro atoms. The molecule has 104 valence electrons. The van der Waals surface area contributed by atoms with E-state index in [0.717, 1.165) is 12.1 Å². The molecular weight excluding hydrogens is 234 g/mol. The first kappa shape index (κ1) is 15.5. The van der Waals surface area contributed by atoms with Crippen LogP contribution in [0.2, 0.25) is 0 Å². The molecule has 0 atom stereocenters. The van der Waals surface area contributed by atoms with Crippen molar-refractivity contribution in [3.8, 4) is 0 Å². The first-order valence-corrected chi connectivity index (χ1v) is 6.91. The minimum atomic E-state index is 0.0470. The van der Waals surface area contributed by atoms with Crippen molar-refractivity contribution < 1.29 is 4.79 Å². The second-order valence-corrected chi connectivity index (χ2v) is 5.41. The van der Waals surface area contributed by atoms with Gasteiger partial charge < -0.3 is 4.90 Å². The zero-order valence-corrected chi connectivity index (χ0v) is 12.9.